The van der Waals surface area contributed by atoms with E-state index in [4.69, 9.17) is 0 Å². The van der Waals surface area contributed by atoms with Crippen LogP contribution in [0.1, 0.15) is 43.2 Å². The SMILES string of the molecule is CCc1ccc(Br)cc1C1C(=O)[C@@H]2CC[C@@H](C2)C1=O. The number of Topliss-reactive ketones (excluding diaryl/α,β-unsaturated/α-hetero) is 2. The predicted octanol–water partition coefficient (Wildman–Crippen LogP) is 3.66. The lowest BCUT2D eigenvalue weighted by molar-refractivity contribution is -0.135. The van der Waals surface area contributed by atoms with E-state index >= 15 is 0 Å². The lowest BCUT2D eigenvalue weighted by Crippen LogP contribution is -2.35. The molecule has 2 saturated carbocycles. The second-order valence-corrected chi connectivity index (χ2v) is 6.56. The molecule has 0 heterocycles. The summed E-state index contributed by atoms with van der Waals surface area (Å²) in [5.41, 5.74) is 2.06. The second-order valence-electron chi connectivity index (χ2n) is 5.64. The number of fused-ring (bicyclic) bond motifs is 2. The number of rotatable bonds is 2. The molecule has 0 aliphatic heterocycles. The summed E-state index contributed by atoms with van der Waals surface area (Å²) in [4.78, 5) is 25.1. The second kappa shape index (κ2) is 4.86. The van der Waals surface area contributed by atoms with Gasteiger partial charge in [0, 0.05) is 16.3 Å². The van der Waals surface area contributed by atoms with E-state index < -0.39 is 5.92 Å². The largest absolute Gasteiger partial charge is 0.298 e. The minimum Gasteiger partial charge on any atom is -0.298 e. The number of aryl methyl sites for hydroxylation is 1. The minimum absolute atomic E-state index is 0.122. The van der Waals surface area contributed by atoms with Crippen molar-refractivity contribution in [2.24, 2.45) is 11.8 Å². The predicted molar refractivity (Wildman–Crippen MR) is 77.1 cm³/mol. The lowest BCUT2D eigenvalue weighted by atomic mass is 9.74. The van der Waals surface area contributed by atoms with E-state index in [9.17, 15) is 9.59 Å². The summed E-state index contributed by atoms with van der Waals surface area (Å²) in [5.74, 6) is 0.0598. The molecule has 0 amide bonds. The number of halogens is 1. The van der Waals surface area contributed by atoms with Crippen molar-refractivity contribution in [2.45, 2.75) is 38.5 Å². The number of hydrogen-bond donors (Lipinski definition) is 0. The van der Waals surface area contributed by atoms with Crippen molar-refractivity contribution >= 4 is 27.5 Å². The Morgan fingerprint density at radius 1 is 1.16 bits per heavy atom. The van der Waals surface area contributed by atoms with Gasteiger partial charge in [-0.2, -0.15) is 0 Å². The Balaban J connectivity index is 2.08. The Morgan fingerprint density at radius 3 is 2.37 bits per heavy atom. The molecule has 0 saturated heterocycles. The number of benzene rings is 1. The Bertz CT molecular complexity index is 528. The number of hydrogen-bond acceptors (Lipinski definition) is 2. The van der Waals surface area contributed by atoms with E-state index in [1.165, 1.54) is 0 Å². The van der Waals surface area contributed by atoms with Crippen molar-refractivity contribution in [3.8, 4) is 0 Å². The summed E-state index contributed by atoms with van der Waals surface area (Å²) >= 11 is 3.46. The molecule has 2 nitrogen and oxygen atoms in total. The fraction of sp³-hybridized carbons (Fsp3) is 0.500. The molecule has 100 valence electrons. The van der Waals surface area contributed by atoms with Crippen LogP contribution in [0.4, 0.5) is 0 Å². The number of carbonyl (C=O) groups is 2. The summed E-state index contributed by atoms with van der Waals surface area (Å²) in [5, 5.41) is 0. The van der Waals surface area contributed by atoms with E-state index in [2.05, 4.69) is 22.9 Å². The van der Waals surface area contributed by atoms with Gasteiger partial charge in [-0.25, -0.2) is 0 Å². The molecule has 1 unspecified atom stereocenters. The first-order valence-corrected chi connectivity index (χ1v) is 7.77. The summed E-state index contributed by atoms with van der Waals surface area (Å²) in [6, 6.07) is 5.97. The molecule has 3 heteroatoms. The fourth-order valence-corrected chi connectivity index (χ4v) is 3.95. The molecule has 0 radical (unpaired) electrons. The minimum atomic E-state index is -0.501. The average molecular weight is 321 g/mol. The first kappa shape index (κ1) is 13.0. The van der Waals surface area contributed by atoms with Crippen LogP contribution in [-0.2, 0) is 16.0 Å². The smallest absolute Gasteiger partial charge is 0.150 e. The summed E-state index contributed by atoms with van der Waals surface area (Å²) < 4.78 is 0.943. The van der Waals surface area contributed by atoms with E-state index in [1.807, 2.05) is 18.2 Å². The van der Waals surface area contributed by atoms with Gasteiger partial charge in [-0.3, -0.25) is 9.59 Å². The van der Waals surface area contributed by atoms with Gasteiger partial charge in [0.05, 0.1) is 0 Å². The van der Waals surface area contributed by atoms with Gasteiger partial charge in [-0.15, -0.1) is 0 Å². The number of carbonyl (C=O) groups excluding carboxylic acids is 2. The molecule has 2 fully saturated rings. The van der Waals surface area contributed by atoms with Crippen LogP contribution in [0.5, 0.6) is 0 Å². The molecule has 0 N–H and O–H groups in total. The van der Waals surface area contributed by atoms with Gasteiger partial charge in [0.1, 0.15) is 5.92 Å². The summed E-state index contributed by atoms with van der Waals surface area (Å²) in [7, 11) is 0. The standard InChI is InChI=1S/C16H17BrO2/c1-2-9-5-6-12(17)8-13(9)14-15(18)10-3-4-11(7-10)16(14)19/h5-6,8,10-11,14H,2-4,7H2,1H3/t10-,11+,14?. The van der Waals surface area contributed by atoms with Gasteiger partial charge in [-0.05, 0) is 48.9 Å². The van der Waals surface area contributed by atoms with Crippen molar-refractivity contribution in [3.63, 3.8) is 0 Å². The third kappa shape index (κ3) is 2.08. The molecule has 1 aromatic rings. The Kier molecular flexibility index (Phi) is 3.34. The molecule has 0 spiro atoms. The van der Waals surface area contributed by atoms with Crippen LogP contribution >= 0.6 is 15.9 Å². The zero-order chi connectivity index (χ0) is 13.6. The molecule has 3 rings (SSSR count). The molecule has 2 bridgehead atoms. The maximum Gasteiger partial charge on any atom is 0.150 e. The third-order valence-corrected chi connectivity index (χ3v) is 5.10. The topological polar surface area (TPSA) is 34.1 Å². The van der Waals surface area contributed by atoms with Gasteiger partial charge in [-0.1, -0.05) is 28.9 Å². The third-order valence-electron chi connectivity index (χ3n) is 4.61. The van der Waals surface area contributed by atoms with Gasteiger partial charge < -0.3 is 0 Å². The molecule has 0 aromatic heterocycles. The van der Waals surface area contributed by atoms with Crippen LogP contribution in [-0.4, -0.2) is 11.6 Å². The highest BCUT2D eigenvalue weighted by Gasteiger charge is 2.47. The van der Waals surface area contributed by atoms with Gasteiger partial charge in [0.2, 0.25) is 0 Å². The van der Waals surface area contributed by atoms with Crippen LogP contribution in [0.15, 0.2) is 22.7 Å². The molecule has 2 aliphatic carbocycles. The quantitative estimate of drug-likeness (QED) is 0.779. The number of ketones is 2. The van der Waals surface area contributed by atoms with Gasteiger partial charge in [0.15, 0.2) is 11.6 Å². The first-order chi connectivity index (χ1) is 9.11. The van der Waals surface area contributed by atoms with E-state index in [1.54, 1.807) is 0 Å². The molecule has 19 heavy (non-hydrogen) atoms. The zero-order valence-electron chi connectivity index (χ0n) is 11.0. The van der Waals surface area contributed by atoms with Crippen LogP contribution in [0, 0.1) is 11.8 Å². The van der Waals surface area contributed by atoms with Crippen LogP contribution in [0.2, 0.25) is 0 Å². The fourth-order valence-electron chi connectivity index (χ4n) is 3.57. The van der Waals surface area contributed by atoms with Crippen molar-refractivity contribution in [1.82, 2.24) is 0 Å². The van der Waals surface area contributed by atoms with Crippen LogP contribution in [0.25, 0.3) is 0 Å². The van der Waals surface area contributed by atoms with Gasteiger partial charge >= 0.3 is 0 Å². The molecule has 1 aromatic carbocycles. The molecule has 2 aliphatic rings. The average Bonchev–Trinajstić information content (AvgIpc) is 2.84. The van der Waals surface area contributed by atoms with Crippen LogP contribution in [0.3, 0.4) is 0 Å². The van der Waals surface area contributed by atoms with Crippen molar-refractivity contribution in [3.05, 3.63) is 33.8 Å². The van der Waals surface area contributed by atoms with Gasteiger partial charge in [0.25, 0.3) is 0 Å². The van der Waals surface area contributed by atoms with Crippen molar-refractivity contribution in [2.75, 3.05) is 0 Å². The monoisotopic (exact) mass is 320 g/mol. The lowest BCUT2D eigenvalue weighted by Gasteiger charge is -2.27. The highest BCUT2D eigenvalue weighted by Crippen LogP contribution is 2.44. The maximum absolute atomic E-state index is 12.5. The van der Waals surface area contributed by atoms with E-state index in [-0.39, 0.29) is 23.4 Å². The Labute approximate surface area is 121 Å². The highest BCUT2D eigenvalue weighted by molar-refractivity contribution is 9.10. The Morgan fingerprint density at radius 2 is 1.79 bits per heavy atom. The normalized spacial score (nSPS) is 29.9. The highest BCUT2D eigenvalue weighted by atomic mass is 79.9. The molecule has 3 atom stereocenters. The van der Waals surface area contributed by atoms with E-state index in [0.717, 1.165) is 41.3 Å². The molecular weight excluding hydrogens is 304 g/mol. The first-order valence-electron chi connectivity index (χ1n) is 6.97. The molecular formula is C16H17BrO2. The maximum atomic E-state index is 12.5. The van der Waals surface area contributed by atoms with Crippen molar-refractivity contribution in [1.29, 1.82) is 0 Å². The van der Waals surface area contributed by atoms with E-state index in [0.29, 0.717) is 0 Å². The zero-order valence-corrected chi connectivity index (χ0v) is 12.6. The Hall–Kier alpha value is -0.960. The van der Waals surface area contributed by atoms with Crippen molar-refractivity contribution < 1.29 is 9.59 Å². The summed E-state index contributed by atoms with van der Waals surface area (Å²) in [6.07, 6.45) is 3.46. The van der Waals surface area contributed by atoms with Crippen LogP contribution < -0.4 is 0 Å². The summed E-state index contributed by atoms with van der Waals surface area (Å²) in [6.45, 7) is 2.07.